The first-order valence-corrected chi connectivity index (χ1v) is 11.7. The number of methoxy groups -OCH3 is 2. The maximum atomic E-state index is 13.3. The van der Waals surface area contributed by atoms with Gasteiger partial charge in [-0.1, -0.05) is 48.5 Å². The van der Waals surface area contributed by atoms with Gasteiger partial charge >= 0.3 is 5.97 Å². The zero-order chi connectivity index (χ0) is 28.2. The van der Waals surface area contributed by atoms with Gasteiger partial charge in [0.15, 0.2) is 11.5 Å². The summed E-state index contributed by atoms with van der Waals surface area (Å²) in [5, 5.41) is 16.7. The van der Waals surface area contributed by atoms with Crippen LogP contribution in [0.1, 0.15) is 21.5 Å². The number of hydrogen-bond donors (Lipinski definition) is 4. The summed E-state index contributed by atoms with van der Waals surface area (Å²) in [5.41, 5.74) is 1.73. The highest BCUT2D eigenvalue weighted by molar-refractivity contribution is 6.06. The monoisotopic (exact) mass is 529 g/mol. The Balaban J connectivity index is 1.87. The number of anilines is 1. The van der Waals surface area contributed by atoms with Crippen molar-refractivity contribution in [2.24, 2.45) is 0 Å². The minimum Gasteiger partial charge on any atom is -0.493 e. The molecular weight excluding hydrogens is 502 g/mol. The van der Waals surface area contributed by atoms with Crippen molar-refractivity contribution in [3.05, 3.63) is 107 Å². The van der Waals surface area contributed by atoms with Crippen molar-refractivity contribution >= 4 is 35.5 Å². The average molecular weight is 530 g/mol. The molecule has 3 rings (SSSR count). The molecule has 0 unspecified atom stereocenters. The summed E-state index contributed by atoms with van der Waals surface area (Å²) in [6.07, 6.45) is 3.08. The maximum absolute atomic E-state index is 13.3. The van der Waals surface area contributed by atoms with Crippen LogP contribution in [0.4, 0.5) is 5.69 Å². The number of nitrogens with one attached hydrogen (secondary N) is 3. The van der Waals surface area contributed by atoms with Crippen LogP contribution in [0.3, 0.4) is 0 Å². The van der Waals surface area contributed by atoms with Gasteiger partial charge in [0.2, 0.25) is 5.91 Å². The van der Waals surface area contributed by atoms with Gasteiger partial charge in [-0.3, -0.25) is 14.4 Å². The summed E-state index contributed by atoms with van der Waals surface area (Å²) in [4.78, 5) is 49.0. The molecular formula is C29H27N3O7. The second-order valence-corrected chi connectivity index (χ2v) is 7.96. The van der Waals surface area contributed by atoms with E-state index < -0.39 is 23.7 Å². The number of benzene rings is 3. The molecule has 200 valence electrons. The van der Waals surface area contributed by atoms with Crippen LogP contribution in [-0.2, 0) is 20.9 Å². The number of carboxylic acids is 1. The first-order chi connectivity index (χ1) is 18.8. The predicted octanol–water partition coefficient (Wildman–Crippen LogP) is 3.37. The second kappa shape index (κ2) is 13.8. The van der Waals surface area contributed by atoms with Crippen LogP contribution >= 0.6 is 0 Å². The van der Waals surface area contributed by atoms with Crippen LogP contribution in [0.5, 0.6) is 11.5 Å². The lowest BCUT2D eigenvalue weighted by molar-refractivity contribution is -0.131. The fourth-order valence-corrected chi connectivity index (χ4v) is 3.51. The van der Waals surface area contributed by atoms with Crippen molar-refractivity contribution in [2.45, 2.75) is 6.54 Å². The topological polar surface area (TPSA) is 143 Å². The van der Waals surface area contributed by atoms with E-state index in [1.165, 1.54) is 20.3 Å². The number of carbonyl (C=O) groups excluding carboxylic acids is 3. The Morgan fingerprint density at radius 1 is 0.846 bits per heavy atom. The summed E-state index contributed by atoms with van der Waals surface area (Å²) < 4.78 is 10.8. The van der Waals surface area contributed by atoms with Gasteiger partial charge in [-0.05, 0) is 35.9 Å². The van der Waals surface area contributed by atoms with E-state index in [0.29, 0.717) is 33.9 Å². The van der Waals surface area contributed by atoms with Crippen LogP contribution in [0.15, 0.2) is 90.6 Å². The molecule has 0 aliphatic carbocycles. The van der Waals surface area contributed by atoms with E-state index in [0.717, 1.165) is 12.2 Å². The molecule has 4 N–H and O–H groups in total. The summed E-state index contributed by atoms with van der Waals surface area (Å²) in [5.74, 6) is -2.16. The number of aliphatic carboxylic acids is 1. The van der Waals surface area contributed by atoms with Gasteiger partial charge in [-0.25, -0.2) is 4.79 Å². The summed E-state index contributed by atoms with van der Waals surface area (Å²) in [7, 11) is 2.96. The van der Waals surface area contributed by atoms with E-state index >= 15 is 0 Å². The zero-order valence-electron chi connectivity index (χ0n) is 21.3. The highest BCUT2D eigenvalue weighted by Gasteiger charge is 2.17. The lowest BCUT2D eigenvalue weighted by Gasteiger charge is -2.15. The van der Waals surface area contributed by atoms with Crippen LogP contribution in [0.2, 0.25) is 0 Å². The second-order valence-electron chi connectivity index (χ2n) is 7.96. The predicted molar refractivity (Wildman–Crippen MR) is 145 cm³/mol. The third-order valence-corrected chi connectivity index (χ3v) is 5.35. The van der Waals surface area contributed by atoms with Crippen LogP contribution in [-0.4, -0.2) is 43.0 Å². The first kappa shape index (κ1) is 28.2. The molecule has 0 atom stereocenters. The molecule has 0 aromatic heterocycles. The van der Waals surface area contributed by atoms with Crippen molar-refractivity contribution in [1.29, 1.82) is 0 Å². The average Bonchev–Trinajstić information content (AvgIpc) is 2.95. The number of para-hydroxylation sites is 2. The molecule has 0 heterocycles. The Labute approximate surface area is 224 Å². The molecule has 0 saturated carbocycles. The molecule has 0 saturated heterocycles. The molecule has 3 aromatic carbocycles. The molecule has 10 nitrogen and oxygen atoms in total. The molecule has 0 fully saturated rings. The largest absolute Gasteiger partial charge is 0.493 e. The van der Waals surface area contributed by atoms with Crippen molar-refractivity contribution in [1.82, 2.24) is 10.6 Å². The normalized spacial score (nSPS) is 11.0. The van der Waals surface area contributed by atoms with Crippen LogP contribution < -0.4 is 25.4 Å². The van der Waals surface area contributed by atoms with Crippen LogP contribution in [0, 0.1) is 0 Å². The Kier molecular flexibility index (Phi) is 9.97. The van der Waals surface area contributed by atoms with Crippen molar-refractivity contribution in [3.8, 4) is 11.5 Å². The third kappa shape index (κ3) is 8.05. The van der Waals surface area contributed by atoms with Crippen molar-refractivity contribution in [3.63, 3.8) is 0 Å². The van der Waals surface area contributed by atoms with Gasteiger partial charge < -0.3 is 30.5 Å². The Bertz CT molecular complexity index is 1420. The summed E-state index contributed by atoms with van der Waals surface area (Å²) >= 11 is 0. The highest BCUT2D eigenvalue weighted by atomic mass is 16.5. The number of amides is 3. The van der Waals surface area contributed by atoms with E-state index in [1.807, 2.05) is 0 Å². The Morgan fingerprint density at radius 2 is 1.56 bits per heavy atom. The third-order valence-electron chi connectivity index (χ3n) is 5.35. The van der Waals surface area contributed by atoms with Gasteiger partial charge in [0.1, 0.15) is 5.70 Å². The molecule has 0 radical (unpaired) electrons. The van der Waals surface area contributed by atoms with Gasteiger partial charge in [0, 0.05) is 35.5 Å². The van der Waals surface area contributed by atoms with E-state index in [1.54, 1.807) is 72.8 Å². The van der Waals surface area contributed by atoms with E-state index in [-0.39, 0.29) is 12.2 Å². The van der Waals surface area contributed by atoms with E-state index in [9.17, 15) is 19.2 Å². The fourth-order valence-electron chi connectivity index (χ4n) is 3.51. The molecule has 0 aliphatic heterocycles. The quantitative estimate of drug-likeness (QED) is 0.279. The SMILES string of the molecule is COc1cccc(/C=C(\NC(=O)c2ccccc2)C(=O)NCc2ccccc2NC(=O)/C=C/C(=O)O)c1OC. The van der Waals surface area contributed by atoms with Crippen molar-refractivity contribution in [2.75, 3.05) is 19.5 Å². The lowest BCUT2D eigenvalue weighted by Crippen LogP contribution is -2.34. The summed E-state index contributed by atoms with van der Waals surface area (Å²) in [6, 6.07) is 20.3. The molecule has 0 bridgehead atoms. The molecule has 0 aliphatic rings. The van der Waals surface area contributed by atoms with Crippen molar-refractivity contribution < 1.29 is 33.8 Å². The molecule has 0 spiro atoms. The molecule has 3 aromatic rings. The maximum Gasteiger partial charge on any atom is 0.328 e. The number of ether oxygens (including phenoxy) is 2. The summed E-state index contributed by atoms with van der Waals surface area (Å²) in [6.45, 7) is -0.00821. The Morgan fingerprint density at radius 3 is 2.26 bits per heavy atom. The first-order valence-electron chi connectivity index (χ1n) is 11.7. The molecule has 3 amide bonds. The number of carbonyl (C=O) groups is 4. The molecule has 39 heavy (non-hydrogen) atoms. The number of carboxylic acid groups (broad SMARTS) is 1. The van der Waals surface area contributed by atoms with Gasteiger partial charge in [0.25, 0.3) is 11.8 Å². The molecule has 10 heteroatoms. The van der Waals surface area contributed by atoms with Gasteiger partial charge in [-0.15, -0.1) is 0 Å². The Hall–Kier alpha value is -5.38. The minimum atomic E-state index is -1.25. The van der Waals surface area contributed by atoms with Gasteiger partial charge in [0.05, 0.1) is 14.2 Å². The van der Waals surface area contributed by atoms with Crippen LogP contribution in [0.25, 0.3) is 6.08 Å². The van der Waals surface area contributed by atoms with Gasteiger partial charge in [-0.2, -0.15) is 0 Å². The minimum absolute atomic E-state index is 0.00821. The standard InChI is InChI=1S/C29H27N3O7/c1-38-24-14-8-12-20(27(24)39-2)17-23(32-28(36)19-9-4-3-5-10-19)29(37)30-18-21-11-6-7-13-22(21)31-25(33)15-16-26(34)35/h3-17H,18H2,1-2H3,(H,30,37)(H,31,33)(H,32,36)(H,34,35)/b16-15+,23-17-. The highest BCUT2D eigenvalue weighted by Crippen LogP contribution is 2.32. The van der Waals surface area contributed by atoms with E-state index in [4.69, 9.17) is 14.6 Å². The number of hydrogen-bond acceptors (Lipinski definition) is 6. The smallest absolute Gasteiger partial charge is 0.328 e. The fraction of sp³-hybridized carbons (Fsp3) is 0.103. The lowest BCUT2D eigenvalue weighted by atomic mass is 10.1. The number of rotatable bonds is 11. The zero-order valence-corrected chi connectivity index (χ0v) is 21.3. The van der Waals surface area contributed by atoms with E-state index in [2.05, 4.69) is 16.0 Å².